The number of rotatable bonds is 4. The van der Waals surface area contributed by atoms with Crippen LogP contribution in [0.2, 0.25) is 0 Å². The molecule has 5 nitrogen and oxygen atoms in total. The Balaban J connectivity index is 1.42. The van der Waals surface area contributed by atoms with Crippen LogP contribution >= 0.6 is 0 Å². The molecule has 5 heteroatoms. The van der Waals surface area contributed by atoms with E-state index in [0.717, 1.165) is 48.6 Å². The molecule has 0 spiro atoms. The summed E-state index contributed by atoms with van der Waals surface area (Å²) in [5.41, 5.74) is 3.00. The molecule has 1 aliphatic heterocycles. The van der Waals surface area contributed by atoms with Crippen molar-refractivity contribution in [2.75, 3.05) is 18.4 Å². The Labute approximate surface area is 141 Å². The maximum absolute atomic E-state index is 4.67. The van der Waals surface area contributed by atoms with Crippen molar-refractivity contribution < 1.29 is 0 Å². The van der Waals surface area contributed by atoms with Crippen molar-refractivity contribution in [3.63, 3.8) is 0 Å². The van der Waals surface area contributed by atoms with E-state index in [1.807, 2.05) is 48.8 Å². The molecule has 24 heavy (non-hydrogen) atoms. The number of hydrogen-bond acceptors (Lipinski definition) is 5. The lowest BCUT2D eigenvalue weighted by atomic mass is 10.1. The van der Waals surface area contributed by atoms with Crippen LogP contribution in [-0.4, -0.2) is 39.0 Å². The van der Waals surface area contributed by atoms with Crippen molar-refractivity contribution in [1.29, 1.82) is 0 Å². The summed E-state index contributed by atoms with van der Waals surface area (Å²) in [6.07, 6.45) is 6.04. The van der Waals surface area contributed by atoms with E-state index in [-0.39, 0.29) is 0 Å². The smallest absolute Gasteiger partial charge is 0.145 e. The lowest BCUT2D eigenvalue weighted by Gasteiger charge is -2.33. The van der Waals surface area contributed by atoms with Crippen molar-refractivity contribution in [1.82, 2.24) is 19.9 Å². The molecule has 4 rings (SSSR count). The van der Waals surface area contributed by atoms with Crippen LogP contribution < -0.4 is 5.32 Å². The van der Waals surface area contributed by atoms with Gasteiger partial charge in [-0.15, -0.1) is 0 Å². The standard InChI is InChI=1S/C19H21N5/c1-2-9-18-17(8-1)21-12-19(23-18)22-16-7-5-11-24(14-16)13-15-6-3-4-10-20-15/h1-4,6,8-10,12,16H,5,7,11,13-14H2,(H,22,23)/t16-/m1/s1. The molecule has 1 atom stereocenters. The molecule has 1 aromatic carbocycles. The Morgan fingerprint density at radius 1 is 1.04 bits per heavy atom. The van der Waals surface area contributed by atoms with Gasteiger partial charge in [0.2, 0.25) is 0 Å². The maximum Gasteiger partial charge on any atom is 0.145 e. The number of piperidine rings is 1. The molecule has 122 valence electrons. The summed E-state index contributed by atoms with van der Waals surface area (Å²) < 4.78 is 0. The lowest BCUT2D eigenvalue weighted by Crippen LogP contribution is -2.41. The van der Waals surface area contributed by atoms with Crippen LogP contribution in [0.5, 0.6) is 0 Å². The zero-order valence-electron chi connectivity index (χ0n) is 13.6. The predicted octanol–water partition coefficient (Wildman–Crippen LogP) is 3.10. The van der Waals surface area contributed by atoms with Crippen LogP contribution in [0, 0.1) is 0 Å². The van der Waals surface area contributed by atoms with E-state index in [9.17, 15) is 0 Å². The molecule has 3 heterocycles. The number of benzene rings is 1. The van der Waals surface area contributed by atoms with E-state index in [0.29, 0.717) is 6.04 Å². The first-order valence-corrected chi connectivity index (χ1v) is 8.47. The van der Waals surface area contributed by atoms with Gasteiger partial charge in [-0.05, 0) is 43.7 Å². The van der Waals surface area contributed by atoms with Gasteiger partial charge in [-0.25, -0.2) is 4.98 Å². The largest absolute Gasteiger partial charge is 0.365 e. The van der Waals surface area contributed by atoms with Crippen LogP contribution in [0.1, 0.15) is 18.5 Å². The molecular formula is C19H21N5. The third-order valence-electron chi connectivity index (χ3n) is 4.42. The number of anilines is 1. The number of para-hydroxylation sites is 2. The third-order valence-corrected chi connectivity index (χ3v) is 4.42. The normalized spacial score (nSPS) is 18.6. The van der Waals surface area contributed by atoms with Gasteiger partial charge >= 0.3 is 0 Å². The van der Waals surface area contributed by atoms with Gasteiger partial charge < -0.3 is 5.32 Å². The molecule has 0 amide bonds. The first-order valence-electron chi connectivity index (χ1n) is 8.47. The van der Waals surface area contributed by atoms with Crippen molar-refractivity contribution in [2.24, 2.45) is 0 Å². The first-order chi connectivity index (χ1) is 11.9. The number of fused-ring (bicyclic) bond motifs is 1. The Kier molecular flexibility index (Phi) is 4.34. The van der Waals surface area contributed by atoms with Crippen LogP contribution in [0.25, 0.3) is 11.0 Å². The van der Waals surface area contributed by atoms with E-state index in [4.69, 9.17) is 0 Å². The molecule has 1 saturated heterocycles. The monoisotopic (exact) mass is 319 g/mol. The molecule has 1 N–H and O–H groups in total. The molecule has 0 saturated carbocycles. The minimum atomic E-state index is 0.401. The molecule has 3 aromatic rings. The van der Waals surface area contributed by atoms with Crippen LogP contribution in [-0.2, 0) is 6.54 Å². The van der Waals surface area contributed by atoms with Crippen LogP contribution in [0.4, 0.5) is 5.82 Å². The fraction of sp³-hybridized carbons (Fsp3) is 0.316. The highest BCUT2D eigenvalue weighted by atomic mass is 15.2. The predicted molar refractivity (Wildman–Crippen MR) is 95.7 cm³/mol. The number of pyridine rings is 1. The van der Waals surface area contributed by atoms with Crippen molar-refractivity contribution >= 4 is 16.9 Å². The van der Waals surface area contributed by atoms with E-state index in [2.05, 4.69) is 31.2 Å². The number of nitrogens with zero attached hydrogens (tertiary/aromatic N) is 4. The number of aromatic nitrogens is 3. The molecule has 0 aliphatic carbocycles. The van der Waals surface area contributed by atoms with Crippen LogP contribution in [0.15, 0.2) is 54.9 Å². The minimum absolute atomic E-state index is 0.401. The Bertz CT molecular complexity index is 805. The van der Waals surface area contributed by atoms with Gasteiger partial charge in [0.05, 0.1) is 22.9 Å². The topological polar surface area (TPSA) is 53.9 Å². The third kappa shape index (κ3) is 3.51. The van der Waals surface area contributed by atoms with Gasteiger partial charge in [0, 0.05) is 25.3 Å². The Hall–Kier alpha value is -2.53. The van der Waals surface area contributed by atoms with Crippen molar-refractivity contribution in [3.8, 4) is 0 Å². The number of nitrogens with one attached hydrogen (secondary N) is 1. The number of likely N-dealkylation sites (tertiary alicyclic amines) is 1. The summed E-state index contributed by atoms with van der Waals surface area (Å²) in [6.45, 7) is 3.03. The first kappa shape index (κ1) is 15.0. The quantitative estimate of drug-likeness (QED) is 0.801. The van der Waals surface area contributed by atoms with E-state index < -0.39 is 0 Å². The summed E-state index contributed by atoms with van der Waals surface area (Å²) in [7, 11) is 0. The van der Waals surface area contributed by atoms with E-state index in [1.165, 1.54) is 6.42 Å². The maximum atomic E-state index is 4.67. The fourth-order valence-corrected chi connectivity index (χ4v) is 3.27. The molecule has 1 fully saturated rings. The summed E-state index contributed by atoms with van der Waals surface area (Å²) in [5.74, 6) is 0.860. The second kappa shape index (κ2) is 6.93. The zero-order valence-corrected chi connectivity index (χ0v) is 13.6. The summed E-state index contributed by atoms with van der Waals surface area (Å²) in [5, 5.41) is 3.55. The summed E-state index contributed by atoms with van der Waals surface area (Å²) >= 11 is 0. The second-order valence-corrected chi connectivity index (χ2v) is 6.28. The molecular weight excluding hydrogens is 298 g/mol. The van der Waals surface area contributed by atoms with Gasteiger partial charge in [0.25, 0.3) is 0 Å². The van der Waals surface area contributed by atoms with Crippen LogP contribution in [0.3, 0.4) is 0 Å². The fourth-order valence-electron chi connectivity index (χ4n) is 3.27. The highest BCUT2D eigenvalue weighted by molar-refractivity contribution is 5.75. The highest BCUT2D eigenvalue weighted by Crippen LogP contribution is 2.17. The molecule has 0 radical (unpaired) electrons. The van der Waals surface area contributed by atoms with Gasteiger partial charge in [-0.1, -0.05) is 18.2 Å². The van der Waals surface area contributed by atoms with Crippen molar-refractivity contribution in [2.45, 2.75) is 25.4 Å². The van der Waals surface area contributed by atoms with Gasteiger partial charge in [-0.2, -0.15) is 0 Å². The molecule has 0 unspecified atom stereocenters. The van der Waals surface area contributed by atoms with E-state index >= 15 is 0 Å². The average Bonchev–Trinajstić information content (AvgIpc) is 2.63. The van der Waals surface area contributed by atoms with Gasteiger partial charge in [-0.3, -0.25) is 14.9 Å². The van der Waals surface area contributed by atoms with Gasteiger partial charge in [0.1, 0.15) is 5.82 Å². The minimum Gasteiger partial charge on any atom is -0.365 e. The molecule has 0 bridgehead atoms. The Morgan fingerprint density at radius 2 is 1.92 bits per heavy atom. The second-order valence-electron chi connectivity index (χ2n) is 6.28. The summed E-state index contributed by atoms with van der Waals surface area (Å²) in [6, 6.07) is 14.5. The molecule has 1 aliphatic rings. The average molecular weight is 319 g/mol. The summed E-state index contributed by atoms with van der Waals surface area (Å²) in [4.78, 5) is 16.0. The zero-order chi connectivity index (χ0) is 16.2. The van der Waals surface area contributed by atoms with Gasteiger partial charge in [0.15, 0.2) is 0 Å². The highest BCUT2D eigenvalue weighted by Gasteiger charge is 2.20. The Morgan fingerprint density at radius 3 is 2.79 bits per heavy atom. The van der Waals surface area contributed by atoms with E-state index in [1.54, 1.807) is 0 Å². The lowest BCUT2D eigenvalue weighted by molar-refractivity contribution is 0.206. The number of hydrogen-bond donors (Lipinski definition) is 1. The van der Waals surface area contributed by atoms with Crippen molar-refractivity contribution in [3.05, 3.63) is 60.6 Å². The SMILES string of the molecule is c1ccc(CN2CCC[C@@H](Nc3cnc4ccccc4n3)C2)nc1. The molecule has 2 aromatic heterocycles.